The Bertz CT molecular complexity index is 194. The molecule has 0 spiro atoms. The lowest BCUT2D eigenvalue weighted by Gasteiger charge is -2.09. The summed E-state index contributed by atoms with van der Waals surface area (Å²) in [6, 6.07) is 0. The first-order valence-corrected chi connectivity index (χ1v) is 6.57. The van der Waals surface area contributed by atoms with Crippen molar-refractivity contribution in [1.29, 1.82) is 0 Å². The highest BCUT2D eigenvalue weighted by Gasteiger charge is 2.01. The van der Waals surface area contributed by atoms with Crippen LogP contribution < -0.4 is 10.6 Å². The molecule has 1 amide bonds. The van der Waals surface area contributed by atoms with Gasteiger partial charge in [-0.05, 0) is 11.8 Å². The van der Waals surface area contributed by atoms with E-state index < -0.39 is 0 Å². The molecule has 0 saturated carbocycles. The van der Waals surface area contributed by atoms with Crippen molar-refractivity contribution in [2.24, 2.45) is 11.8 Å². The van der Waals surface area contributed by atoms with Gasteiger partial charge in [0.25, 0.3) is 0 Å². The van der Waals surface area contributed by atoms with Crippen LogP contribution in [0, 0.1) is 11.8 Å². The predicted octanol–water partition coefficient (Wildman–Crippen LogP) is 1.41. The van der Waals surface area contributed by atoms with Crippen molar-refractivity contribution in [3.63, 3.8) is 0 Å². The van der Waals surface area contributed by atoms with Gasteiger partial charge >= 0.3 is 0 Å². The Morgan fingerprint density at radius 1 is 1.12 bits per heavy atom. The molecule has 0 saturated heterocycles. The van der Waals surface area contributed by atoms with E-state index in [9.17, 15) is 4.79 Å². The number of carbonyl (C=O) groups excluding carboxylic acids is 1. The van der Waals surface area contributed by atoms with Crippen molar-refractivity contribution in [2.75, 3.05) is 32.8 Å². The van der Waals surface area contributed by atoms with Crippen LogP contribution in [0.25, 0.3) is 0 Å². The quantitative estimate of drug-likeness (QED) is 0.571. The van der Waals surface area contributed by atoms with E-state index in [0.29, 0.717) is 24.9 Å². The minimum Gasteiger partial charge on any atom is -0.380 e. The van der Waals surface area contributed by atoms with Crippen LogP contribution in [0.2, 0.25) is 0 Å². The fourth-order valence-corrected chi connectivity index (χ4v) is 1.20. The number of nitrogens with one attached hydrogen (secondary N) is 2. The fraction of sp³-hybridized carbons (Fsp3) is 0.923. The van der Waals surface area contributed by atoms with Gasteiger partial charge < -0.3 is 15.4 Å². The van der Waals surface area contributed by atoms with Crippen LogP contribution in [0.15, 0.2) is 0 Å². The molecule has 0 rings (SSSR count). The van der Waals surface area contributed by atoms with E-state index in [1.54, 1.807) is 0 Å². The van der Waals surface area contributed by atoms with Gasteiger partial charge in [-0.2, -0.15) is 0 Å². The molecule has 0 unspecified atom stereocenters. The van der Waals surface area contributed by atoms with Gasteiger partial charge in [0.2, 0.25) is 5.91 Å². The molecule has 102 valence electrons. The van der Waals surface area contributed by atoms with Crippen LogP contribution in [0.1, 0.15) is 34.1 Å². The number of amides is 1. The van der Waals surface area contributed by atoms with Gasteiger partial charge in [0.05, 0.1) is 6.61 Å². The van der Waals surface area contributed by atoms with E-state index in [0.717, 1.165) is 26.2 Å². The second-order valence-electron chi connectivity index (χ2n) is 5.17. The van der Waals surface area contributed by atoms with Gasteiger partial charge in [0.15, 0.2) is 0 Å². The van der Waals surface area contributed by atoms with Crippen LogP contribution in [-0.2, 0) is 9.53 Å². The summed E-state index contributed by atoms with van der Waals surface area (Å²) in [5.41, 5.74) is 0. The van der Waals surface area contributed by atoms with E-state index in [1.807, 2.05) is 0 Å². The number of ether oxygens (including phenoxy) is 1. The summed E-state index contributed by atoms with van der Waals surface area (Å²) in [4.78, 5) is 11.3. The van der Waals surface area contributed by atoms with Gasteiger partial charge in [-0.3, -0.25) is 4.79 Å². The van der Waals surface area contributed by atoms with E-state index >= 15 is 0 Å². The Labute approximate surface area is 105 Å². The van der Waals surface area contributed by atoms with Crippen LogP contribution in [0.4, 0.5) is 0 Å². The fourth-order valence-electron chi connectivity index (χ4n) is 1.20. The largest absolute Gasteiger partial charge is 0.380 e. The molecule has 0 aromatic heterocycles. The first-order valence-electron chi connectivity index (χ1n) is 6.57. The number of hydrogen-bond acceptors (Lipinski definition) is 3. The molecule has 17 heavy (non-hydrogen) atoms. The maximum atomic E-state index is 11.3. The molecular formula is C13H28N2O2. The summed E-state index contributed by atoms with van der Waals surface area (Å²) in [6.45, 7) is 12.2. The standard InChI is InChI=1S/C13H28N2O2/c1-11(2)9-15-13(16)5-6-14-7-8-17-10-12(3)4/h11-12,14H,5-10H2,1-4H3,(H,15,16). The average Bonchev–Trinajstić information content (AvgIpc) is 2.24. The number of carbonyl (C=O) groups is 1. The molecule has 0 atom stereocenters. The number of rotatable bonds is 10. The Morgan fingerprint density at radius 3 is 2.41 bits per heavy atom. The Balaban J connectivity index is 3.19. The van der Waals surface area contributed by atoms with Crippen LogP contribution >= 0.6 is 0 Å². The minimum atomic E-state index is 0.120. The molecule has 0 aliphatic carbocycles. The van der Waals surface area contributed by atoms with Gasteiger partial charge in [0.1, 0.15) is 0 Å². The third-order valence-corrected chi connectivity index (χ3v) is 2.11. The molecular weight excluding hydrogens is 216 g/mol. The van der Waals surface area contributed by atoms with E-state index in [1.165, 1.54) is 0 Å². The molecule has 0 fully saturated rings. The highest BCUT2D eigenvalue weighted by atomic mass is 16.5. The summed E-state index contributed by atoms with van der Waals surface area (Å²) >= 11 is 0. The lowest BCUT2D eigenvalue weighted by Crippen LogP contribution is -2.31. The molecule has 0 radical (unpaired) electrons. The van der Waals surface area contributed by atoms with Crippen molar-refractivity contribution in [3.8, 4) is 0 Å². The highest BCUT2D eigenvalue weighted by molar-refractivity contribution is 5.76. The molecule has 4 nitrogen and oxygen atoms in total. The van der Waals surface area contributed by atoms with Crippen molar-refractivity contribution in [1.82, 2.24) is 10.6 Å². The maximum Gasteiger partial charge on any atom is 0.221 e. The lowest BCUT2D eigenvalue weighted by molar-refractivity contribution is -0.121. The van der Waals surface area contributed by atoms with Crippen LogP contribution in [-0.4, -0.2) is 38.8 Å². The summed E-state index contributed by atoms with van der Waals surface area (Å²) in [5.74, 6) is 1.21. The van der Waals surface area contributed by atoms with E-state index in [-0.39, 0.29) is 5.91 Å². The molecule has 4 heteroatoms. The zero-order chi connectivity index (χ0) is 13.1. The Kier molecular flexibility index (Phi) is 10.2. The van der Waals surface area contributed by atoms with Gasteiger partial charge in [-0.25, -0.2) is 0 Å². The summed E-state index contributed by atoms with van der Waals surface area (Å²) in [7, 11) is 0. The van der Waals surface area contributed by atoms with Gasteiger partial charge in [-0.15, -0.1) is 0 Å². The number of hydrogen-bond donors (Lipinski definition) is 2. The first-order chi connectivity index (χ1) is 8.02. The monoisotopic (exact) mass is 244 g/mol. The summed E-state index contributed by atoms with van der Waals surface area (Å²) in [6.07, 6.45) is 0.539. The lowest BCUT2D eigenvalue weighted by atomic mass is 10.2. The Hall–Kier alpha value is -0.610. The smallest absolute Gasteiger partial charge is 0.221 e. The highest BCUT2D eigenvalue weighted by Crippen LogP contribution is 1.91. The van der Waals surface area contributed by atoms with Crippen LogP contribution in [0.5, 0.6) is 0 Å². The second-order valence-corrected chi connectivity index (χ2v) is 5.17. The topological polar surface area (TPSA) is 50.4 Å². The second kappa shape index (κ2) is 10.5. The third-order valence-electron chi connectivity index (χ3n) is 2.11. The van der Waals surface area contributed by atoms with E-state index in [2.05, 4.69) is 38.3 Å². The zero-order valence-corrected chi connectivity index (χ0v) is 11.7. The third kappa shape index (κ3) is 13.3. The molecule has 0 aromatic rings. The van der Waals surface area contributed by atoms with Crippen LogP contribution in [0.3, 0.4) is 0 Å². The molecule has 0 aliphatic rings. The predicted molar refractivity (Wildman–Crippen MR) is 71.0 cm³/mol. The van der Waals surface area contributed by atoms with E-state index in [4.69, 9.17) is 4.74 Å². The summed E-state index contributed by atoms with van der Waals surface area (Å²) < 4.78 is 5.42. The average molecular weight is 244 g/mol. The molecule has 2 N–H and O–H groups in total. The Morgan fingerprint density at radius 2 is 1.82 bits per heavy atom. The molecule has 0 aromatic carbocycles. The zero-order valence-electron chi connectivity index (χ0n) is 11.7. The maximum absolute atomic E-state index is 11.3. The SMILES string of the molecule is CC(C)CNC(=O)CCNCCOCC(C)C. The first kappa shape index (κ1) is 16.4. The van der Waals surface area contributed by atoms with Gasteiger partial charge in [0, 0.05) is 32.7 Å². The van der Waals surface area contributed by atoms with Gasteiger partial charge in [-0.1, -0.05) is 27.7 Å². The molecule has 0 heterocycles. The molecule has 0 bridgehead atoms. The molecule has 0 aliphatic heterocycles. The minimum absolute atomic E-state index is 0.120. The normalized spacial score (nSPS) is 11.2. The van der Waals surface area contributed by atoms with Crippen molar-refractivity contribution in [2.45, 2.75) is 34.1 Å². The van der Waals surface area contributed by atoms with Crippen molar-refractivity contribution in [3.05, 3.63) is 0 Å². The van der Waals surface area contributed by atoms with Crippen molar-refractivity contribution < 1.29 is 9.53 Å². The summed E-state index contributed by atoms with van der Waals surface area (Å²) in [5, 5.41) is 6.08. The van der Waals surface area contributed by atoms with Crippen molar-refractivity contribution >= 4 is 5.91 Å².